The summed E-state index contributed by atoms with van der Waals surface area (Å²) < 4.78 is 5.96. The molecule has 0 radical (unpaired) electrons. The number of halogens is 3. The molecular weight excluding hydrogens is 430 g/mol. The monoisotopic (exact) mass is 440 g/mol. The van der Waals surface area contributed by atoms with Gasteiger partial charge in [-0.05, 0) is 40.8 Å². The van der Waals surface area contributed by atoms with E-state index in [2.05, 4.69) is 32.6 Å². The van der Waals surface area contributed by atoms with Gasteiger partial charge in [-0.15, -0.1) is 11.8 Å². The van der Waals surface area contributed by atoms with Crippen molar-refractivity contribution in [1.82, 2.24) is 9.97 Å². The third-order valence-corrected chi connectivity index (χ3v) is 5.32. The summed E-state index contributed by atoms with van der Waals surface area (Å²) in [6.45, 7) is 0.426. The zero-order valence-electron chi connectivity index (χ0n) is 10.6. The van der Waals surface area contributed by atoms with Gasteiger partial charge in [0.15, 0.2) is 0 Å². The molecule has 0 amide bonds. The number of benzene rings is 1. The van der Waals surface area contributed by atoms with Crippen LogP contribution in [0.1, 0.15) is 11.5 Å². The quantitative estimate of drug-likeness (QED) is 0.379. The van der Waals surface area contributed by atoms with E-state index in [-0.39, 0.29) is 0 Å². The maximum atomic E-state index is 6.12. The summed E-state index contributed by atoms with van der Waals surface area (Å²) in [5.74, 6) is 1.32. The van der Waals surface area contributed by atoms with Gasteiger partial charge in [0, 0.05) is 17.0 Å². The number of nitrogens with zero attached hydrogens (tertiary/aromatic N) is 2. The summed E-state index contributed by atoms with van der Waals surface area (Å²) in [5.41, 5.74) is 0.815. The standard InChI is InChI=1S/C13H11Cl2IN2OS/c1-19-6-10-12(16)13(15)18-11(17-10)7-20-9-4-2-3-8(14)5-9/h2-5H,6-7H2,1H3. The minimum Gasteiger partial charge on any atom is -0.378 e. The maximum Gasteiger partial charge on any atom is 0.146 e. The zero-order valence-corrected chi connectivity index (χ0v) is 15.1. The summed E-state index contributed by atoms with van der Waals surface area (Å²) in [7, 11) is 1.63. The van der Waals surface area contributed by atoms with Crippen LogP contribution in [0.25, 0.3) is 0 Å². The molecule has 0 atom stereocenters. The van der Waals surface area contributed by atoms with Crippen molar-refractivity contribution in [2.75, 3.05) is 7.11 Å². The van der Waals surface area contributed by atoms with E-state index < -0.39 is 0 Å². The Morgan fingerprint density at radius 3 is 2.80 bits per heavy atom. The van der Waals surface area contributed by atoms with E-state index in [1.54, 1.807) is 18.9 Å². The highest BCUT2D eigenvalue weighted by atomic mass is 127. The first kappa shape index (κ1) is 16.3. The number of hydrogen-bond donors (Lipinski definition) is 0. The Morgan fingerprint density at radius 2 is 2.10 bits per heavy atom. The van der Waals surface area contributed by atoms with Crippen molar-refractivity contribution in [2.45, 2.75) is 17.3 Å². The fourth-order valence-electron chi connectivity index (χ4n) is 1.51. The summed E-state index contributed by atoms with van der Waals surface area (Å²) >= 11 is 15.8. The lowest BCUT2D eigenvalue weighted by Gasteiger charge is -2.07. The van der Waals surface area contributed by atoms with Crippen molar-refractivity contribution in [3.63, 3.8) is 0 Å². The molecule has 2 rings (SSSR count). The molecule has 0 saturated heterocycles. The third kappa shape index (κ3) is 4.46. The Bertz CT molecular complexity index is 613. The number of hydrogen-bond acceptors (Lipinski definition) is 4. The summed E-state index contributed by atoms with van der Waals surface area (Å²) in [6.07, 6.45) is 0. The Kier molecular flexibility index (Phi) is 6.35. The Morgan fingerprint density at radius 1 is 1.30 bits per heavy atom. The van der Waals surface area contributed by atoms with Gasteiger partial charge in [0.2, 0.25) is 0 Å². The van der Waals surface area contributed by atoms with E-state index in [1.165, 1.54) is 0 Å². The van der Waals surface area contributed by atoms with Gasteiger partial charge in [0.25, 0.3) is 0 Å². The first-order valence-electron chi connectivity index (χ1n) is 5.68. The molecule has 0 aliphatic carbocycles. The topological polar surface area (TPSA) is 35.0 Å². The first-order valence-corrected chi connectivity index (χ1v) is 8.50. The molecule has 0 spiro atoms. The normalized spacial score (nSPS) is 10.8. The molecule has 1 aromatic carbocycles. The van der Waals surface area contributed by atoms with E-state index >= 15 is 0 Å². The van der Waals surface area contributed by atoms with Crippen LogP contribution in [-0.2, 0) is 17.1 Å². The molecule has 3 nitrogen and oxygen atoms in total. The van der Waals surface area contributed by atoms with Crippen molar-refractivity contribution in [3.05, 3.63) is 49.5 Å². The van der Waals surface area contributed by atoms with Gasteiger partial charge in [-0.3, -0.25) is 0 Å². The largest absolute Gasteiger partial charge is 0.378 e. The number of thioether (sulfide) groups is 1. The maximum absolute atomic E-state index is 6.12. The first-order chi connectivity index (χ1) is 9.60. The molecule has 2 aromatic rings. The molecule has 20 heavy (non-hydrogen) atoms. The number of rotatable bonds is 5. The van der Waals surface area contributed by atoms with Gasteiger partial charge < -0.3 is 4.74 Å². The highest BCUT2D eigenvalue weighted by Gasteiger charge is 2.11. The van der Waals surface area contributed by atoms with Gasteiger partial charge in [0.1, 0.15) is 11.0 Å². The van der Waals surface area contributed by atoms with E-state index in [0.29, 0.717) is 23.3 Å². The smallest absolute Gasteiger partial charge is 0.146 e. The Balaban J connectivity index is 2.13. The van der Waals surface area contributed by atoms with E-state index in [4.69, 9.17) is 27.9 Å². The molecule has 106 valence electrons. The van der Waals surface area contributed by atoms with Crippen LogP contribution in [0.2, 0.25) is 10.2 Å². The lowest BCUT2D eigenvalue weighted by molar-refractivity contribution is 0.180. The summed E-state index contributed by atoms with van der Waals surface area (Å²) in [4.78, 5) is 9.84. The van der Waals surface area contributed by atoms with Crippen molar-refractivity contribution >= 4 is 57.6 Å². The fraction of sp³-hybridized carbons (Fsp3) is 0.231. The molecule has 0 unspecified atom stereocenters. The van der Waals surface area contributed by atoms with Crippen molar-refractivity contribution in [2.24, 2.45) is 0 Å². The SMILES string of the molecule is COCc1nc(CSc2cccc(Cl)c2)nc(Cl)c1I. The van der Waals surface area contributed by atoms with Crippen LogP contribution in [0.5, 0.6) is 0 Å². The van der Waals surface area contributed by atoms with Gasteiger partial charge in [-0.2, -0.15) is 0 Å². The molecule has 1 aromatic heterocycles. The van der Waals surface area contributed by atoms with Crippen LogP contribution in [0.3, 0.4) is 0 Å². The van der Waals surface area contributed by atoms with Gasteiger partial charge in [-0.1, -0.05) is 29.3 Å². The van der Waals surface area contributed by atoms with Crippen LogP contribution >= 0.6 is 57.6 Å². The summed E-state index contributed by atoms with van der Waals surface area (Å²) in [6, 6.07) is 7.68. The van der Waals surface area contributed by atoms with Gasteiger partial charge >= 0.3 is 0 Å². The molecule has 0 N–H and O–H groups in total. The second kappa shape index (κ2) is 7.79. The van der Waals surface area contributed by atoms with Crippen LogP contribution in [0.15, 0.2) is 29.2 Å². The van der Waals surface area contributed by atoms with Crippen molar-refractivity contribution in [3.8, 4) is 0 Å². The van der Waals surface area contributed by atoms with Crippen LogP contribution in [0, 0.1) is 3.57 Å². The molecule has 0 saturated carbocycles. The van der Waals surface area contributed by atoms with Gasteiger partial charge in [0.05, 0.1) is 21.6 Å². The lowest BCUT2D eigenvalue weighted by atomic mass is 10.4. The minimum atomic E-state index is 0.426. The van der Waals surface area contributed by atoms with Crippen LogP contribution in [0.4, 0.5) is 0 Å². The number of ether oxygens (including phenoxy) is 1. The molecule has 7 heteroatoms. The minimum absolute atomic E-state index is 0.426. The second-order valence-corrected chi connectivity index (χ2v) is 6.79. The van der Waals surface area contributed by atoms with Crippen molar-refractivity contribution in [1.29, 1.82) is 0 Å². The van der Waals surface area contributed by atoms with E-state index in [9.17, 15) is 0 Å². The molecule has 0 fully saturated rings. The van der Waals surface area contributed by atoms with Gasteiger partial charge in [-0.25, -0.2) is 9.97 Å². The third-order valence-electron chi connectivity index (χ3n) is 2.37. The predicted molar refractivity (Wildman–Crippen MR) is 91.5 cm³/mol. The number of methoxy groups -OCH3 is 1. The average molecular weight is 441 g/mol. The van der Waals surface area contributed by atoms with Crippen LogP contribution in [-0.4, -0.2) is 17.1 Å². The molecule has 1 heterocycles. The van der Waals surface area contributed by atoms with E-state index in [0.717, 1.165) is 19.2 Å². The molecule has 0 bridgehead atoms. The second-order valence-electron chi connectivity index (χ2n) is 3.87. The van der Waals surface area contributed by atoms with E-state index in [1.807, 2.05) is 24.3 Å². The summed E-state index contributed by atoms with van der Waals surface area (Å²) in [5, 5.41) is 1.19. The lowest BCUT2D eigenvalue weighted by Crippen LogP contribution is -2.03. The predicted octanol–water partition coefficient (Wildman–Crippen LogP) is 4.83. The molecule has 0 aliphatic rings. The van der Waals surface area contributed by atoms with Crippen LogP contribution < -0.4 is 0 Å². The highest BCUT2D eigenvalue weighted by Crippen LogP contribution is 2.26. The zero-order chi connectivity index (χ0) is 14.5. The fourth-order valence-corrected chi connectivity index (χ4v) is 3.18. The average Bonchev–Trinajstić information content (AvgIpc) is 2.42. The molecule has 0 aliphatic heterocycles. The van der Waals surface area contributed by atoms with Crippen molar-refractivity contribution < 1.29 is 4.74 Å². The Hall–Kier alpha value is -0.0800. The molecular formula is C13H11Cl2IN2OS. The Labute approximate surface area is 145 Å². The number of aromatic nitrogens is 2. The highest BCUT2D eigenvalue weighted by molar-refractivity contribution is 14.1.